The van der Waals surface area contributed by atoms with Crippen LogP contribution < -0.4 is 5.32 Å². The van der Waals surface area contributed by atoms with Gasteiger partial charge in [0.05, 0.1) is 0 Å². The Balaban J connectivity index is 1.73. The summed E-state index contributed by atoms with van der Waals surface area (Å²) in [5.41, 5.74) is 0. The summed E-state index contributed by atoms with van der Waals surface area (Å²) in [5, 5.41) is 5.20. The first-order chi connectivity index (χ1) is 7.31. The second-order valence-electron chi connectivity index (χ2n) is 4.14. The van der Waals surface area contributed by atoms with Crippen LogP contribution in [-0.4, -0.2) is 11.9 Å². The fourth-order valence-electron chi connectivity index (χ4n) is 1.79. The molecule has 0 radical (unpaired) electrons. The lowest BCUT2D eigenvalue weighted by atomic mass is 10.2. The van der Waals surface area contributed by atoms with E-state index in [9.17, 15) is 4.79 Å². The highest BCUT2D eigenvalue weighted by molar-refractivity contribution is 7.10. The quantitative estimate of drug-likeness (QED) is 0.817. The normalized spacial score (nSPS) is 23.8. The minimum absolute atomic E-state index is 0.223. The Hall–Kier alpha value is -0.830. The van der Waals surface area contributed by atoms with Crippen molar-refractivity contribution in [3.8, 4) is 0 Å². The van der Waals surface area contributed by atoms with E-state index in [1.54, 1.807) is 11.3 Å². The molecule has 0 aliphatic heterocycles. The Morgan fingerprint density at radius 1 is 1.67 bits per heavy atom. The predicted molar refractivity (Wildman–Crippen MR) is 63.1 cm³/mol. The van der Waals surface area contributed by atoms with Gasteiger partial charge in [0.2, 0.25) is 5.91 Å². The van der Waals surface area contributed by atoms with Gasteiger partial charge in [-0.25, -0.2) is 0 Å². The van der Waals surface area contributed by atoms with Gasteiger partial charge in [0.25, 0.3) is 0 Å². The van der Waals surface area contributed by atoms with Crippen molar-refractivity contribution in [2.45, 2.75) is 44.6 Å². The van der Waals surface area contributed by atoms with Crippen molar-refractivity contribution in [3.63, 3.8) is 0 Å². The Kier molecular flexibility index (Phi) is 3.41. The van der Waals surface area contributed by atoms with Crippen LogP contribution in [0.2, 0.25) is 0 Å². The van der Waals surface area contributed by atoms with E-state index in [0.29, 0.717) is 18.4 Å². The largest absolute Gasteiger partial charge is 0.353 e. The molecule has 0 aromatic carbocycles. The third-order valence-corrected chi connectivity index (χ3v) is 3.81. The smallest absolute Gasteiger partial charge is 0.220 e. The molecule has 0 spiro atoms. The molecule has 0 saturated heterocycles. The second kappa shape index (κ2) is 4.79. The molecule has 2 unspecified atom stereocenters. The van der Waals surface area contributed by atoms with E-state index < -0.39 is 0 Å². The van der Waals surface area contributed by atoms with Gasteiger partial charge in [-0.05, 0) is 24.3 Å². The van der Waals surface area contributed by atoms with E-state index >= 15 is 0 Å². The van der Waals surface area contributed by atoms with Crippen LogP contribution >= 0.6 is 11.3 Å². The molecule has 0 bridgehead atoms. The molecule has 82 valence electrons. The predicted octanol–water partition coefficient (Wildman–Crippen LogP) is 2.91. The van der Waals surface area contributed by atoms with Gasteiger partial charge < -0.3 is 5.32 Å². The molecule has 1 N–H and O–H groups in total. The first-order valence-electron chi connectivity index (χ1n) is 5.64. The van der Waals surface area contributed by atoms with Crippen LogP contribution in [-0.2, 0) is 4.79 Å². The molecule has 2 atom stereocenters. The number of carbonyl (C=O) groups excluding carboxylic acids is 1. The highest BCUT2D eigenvalue weighted by Gasteiger charge is 2.39. The summed E-state index contributed by atoms with van der Waals surface area (Å²) in [4.78, 5) is 12.9. The lowest BCUT2D eigenvalue weighted by Gasteiger charge is -2.02. The van der Waals surface area contributed by atoms with Gasteiger partial charge in [-0.3, -0.25) is 4.79 Å². The molecular formula is C12H17NOS. The molecule has 1 aliphatic carbocycles. The highest BCUT2D eigenvalue weighted by atomic mass is 32.1. The summed E-state index contributed by atoms with van der Waals surface area (Å²) < 4.78 is 0. The minimum atomic E-state index is 0.223. The van der Waals surface area contributed by atoms with Crippen molar-refractivity contribution in [2.75, 3.05) is 0 Å². The van der Waals surface area contributed by atoms with Crippen LogP contribution in [0.25, 0.3) is 0 Å². The number of thiophene rings is 1. The molecule has 15 heavy (non-hydrogen) atoms. The van der Waals surface area contributed by atoms with E-state index in [1.807, 2.05) is 0 Å². The molecule has 2 nitrogen and oxygen atoms in total. The number of amides is 1. The molecular weight excluding hydrogens is 206 g/mol. The first-order valence-corrected chi connectivity index (χ1v) is 6.52. The van der Waals surface area contributed by atoms with E-state index in [1.165, 1.54) is 4.88 Å². The van der Waals surface area contributed by atoms with Crippen molar-refractivity contribution in [2.24, 2.45) is 0 Å². The van der Waals surface area contributed by atoms with Crippen LogP contribution in [0.3, 0.4) is 0 Å². The molecule has 1 amide bonds. The van der Waals surface area contributed by atoms with Crippen LogP contribution in [0.15, 0.2) is 17.5 Å². The van der Waals surface area contributed by atoms with Gasteiger partial charge in [-0.15, -0.1) is 11.3 Å². The van der Waals surface area contributed by atoms with Gasteiger partial charge >= 0.3 is 0 Å². The lowest BCUT2D eigenvalue weighted by Crippen LogP contribution is -2.26. The zero-order valence-corrected chi connectivity index (χ0v) is 9.85. The average molecular weight is 223 g/mol. The third kappa shape index (κ3) is 2.81. The molecule has 1 aliphatic rings. The van der Waals surface area contributed by atoms with Crippen molar-refractivity contribution in [1.82, 2.24) is 5.32 Å². The zero-order valence-electron chi connectivity index (χ0n) is 9.03. The molecule has 1 saturated carbocycles. The summed E-state index contributed by atoms with van der Waals surface area (Å²) in [7, 11) is 0. The number of unbranched alkanes of at least 4 members (excludes halogenated alkanes) is 1. The van der Waals surface area contributed by atoms with E-state index in [2.05, 4.69) is 29.8 Å². The van der Waals surface area contributed by atoms with Gasteiger partial charge in [0, 0.05) is 23.3 Å². The standard InChI is InChI=1S/C12H17NOS/c1-2-3-6-12(14)13-10-8-9(10)11-5-4-7-15-11/h4-5,7,9-10H,2-3,6,8H2,1H3,(H,13,14). The van der Waals surface area contributed by atoms with Gasteiger partial charge in [0.15, 0.2) is 0 Å². The molecule has 3 heteroatoms. The van der Waals surface area contributed by atoms with Crippen molar-refractivity contribution >= 4 is 17.2 Å². The molecule has 1 fully saturated rings. The van der Waals surface area contributed by atoms with Gasteiger partial charge in [-0.2, -0.15) is 0 Å². The van der Waals surface area contributed by atoms with Crippen LogP contribution in [0.4, 0.5) is 0 Å². The SMILES string of the molecule is CCCCC(=O)NC1CC1c1cccs1. The Morgan fingerprint density at radius 2 is 2.53 bits per heavy atom. The Morgan fingerprint density at radius 3 is 3.20 bits per heavy atom. The van der Waals surface area contributed by atoms with Gasteiger partial charge in [0.1, 0.15) is 0 Å². The monoisotopic (exact) mass is 223 g/mol. The topological polar surface area (TPSA) is 29.1 Å². The van der Waals surface area contributed by atoms with Gasteiger partial charge in [-0.1, -0.05) is 19.4 Å². The van der Waals surface area contributed by atoms with E-state index in [0.717, 1.165) is 19.3 Å². The number of hydrogen-bond acceptors (Lipinski definition) is 2. The zero-order chi connectivity index (χ0) is 10.7. The maximum Gasteiger partial charge on any atom is 0.220 e. The fraction of sp³-hybridized carbons (Fsp3) is 0.583. The highest BCUT2D eigenvalue weighted by Crippen LogP contribution is 2.42. The van der Waals surface area contributed by atoms with Crippen molar-refractivity contribution in [1.29, 1.82) is 0 Å². The maximum atomic E-state index is 11.5. The van der Waals surface area contributed by atoms with Crippen LogP contribution in [0, 0.1) is 0 Å². The third-order valence-electron chi connectivity index (χ3n) is 2.80. The van der Waals surface area contributed by atoms with Crippen LogP contribution in [0.1, 0.15) is 43.4 Å². The number of nitrogens with one attached hydrogen (secondary N) is 1. The second-order valence-corrected chi connectivity index (χ2v) is 5.11. The summed E-state index contributed by atoms with van der Waals surface area (Å²) in [6.07, 6.45) is 3.90. The molecule has 1 aromatic heterocycles. The minimum Gasteiger partial charge on any atom is -0.353 e. The van der Waals surface area contributed by atoms with Crippen molar-refractivity contribution < 1.29 is 4.79 Å². The van der Waals surface area contributed by atoms with Crippen molar-refractivity contribution in [3.05, 3.63) is 22.4 Å². The van der Waals surface area contributed by atoms with E-state index in [-0.39, 0.29) is 5.91 Å². The first kappa shape index (κ1) is 10.7. The number of hydrogen-bond donors (Lipinski definition) is 1. The molecule has 1 aromatic rings. The Labute approximate surface area is 94.7 Å². The average Bonchev–Trinajstić information content (AvgIpc) is 2.80. The molecule has 1 heterocycles. The maximum absolute atomic E-state index is 11.5. The summed E-state index contributed by atoms with van der Waals surface area (Å²) in [6, 6.07) is 4.65. The summed E-state index contributed by atoms with van der Waals surface area (Å²) in [6.45, 7) is 2.11. The van der Waals surface area contributed by atoms with E-state index in [4.69, 9.17) is 0 Å². The number of rotatable bonds is 5. The molecule has 2 rings (SSSR count). The van der Waals surface area contributed by atoms with Crippen LogP contribution in [0.5, 0.6) is 0 Å². The number of carbonyl (C=O) groups is 1. The Bertz CT molecular complexity index is 320. The summed E-state index contributed by atoms with van der Waals surface area (Å²) in [5.74, 6) is 0.816. The lowest BCUT2D eigenvalue weighted by molar-refractivity contribution is -0.121. The summed E-state index contributed by atoms with van der Waals surface area (Å²) >= 11 is 1.79. The fourth-order valence-corrected chi connectivity index (χ4v) is 2.69.